The summed E-state index contributed by atoms with van der Waals surface area (Å²) in [6.45, 7) is 6.55. The average Bonchev–Trinajstić information content (AvgIpc) is 2.40. The number of methoxy groups -OCH3 is 2. The summed E-state index contributed by atoms with van der Waals surface area (Å²) in [6, 6.07) is 4.51. The van der Waals surface area contributed by atoms with Crippen molar-refractivity contribution in [1.82, 2.24) is 0 Å². The van der Waals surface area contributed by atoms with Crippen molar-refractivity contribution in [3.05, 3.63) is 17.7 Å². The number of hydrogen-bond acceptors (Lipinski definition) is 3. The second-order valence-electron chi connectivity index (χ2n) is 5.06. The molecule has 0 amide bonds. The minimum atomic E-state index is 0.475. The lowest BCUT2D eigenvalue weighted by Crippen LogP contribution is -2.15. The van der Waals surface area contributed by atoms with E-state index in [1.54, 1.807) is 14.2 Å². The summed E-state index contributed by atoms with van der Waals surface area (Å²) in [5.41, 5.74) is 2.31. The highest BCUT2D eigenvalue weighted by molar-refractivity contribution is 5.60. The molecule has 1 rings (SSSR count). The van der Waals surface area contributed by atoms with Gasteiger partial charge in [0, 0.05) is 17.8 Å². The molecule has 3 nitrogen and oxygen atoms in total. The normalized spacial score (nSPS) is 12.1. The first kappa shape index (κ1) is 15.7. The topological polar surface area (TPSA) is 30.5 Å². The highest BCUT2D eigenvalue weighted by Crippen LogP contribution is 2.33. The van der Waals surface area contributed by atoms with Gasteiger partial charge >= 0.3 is 0 Å². The molecule has 0 aliphatic carbocycles. The molecule has 1 aromatic carbocycles. The zero-order valence-electron chi connectivity index (χ0n) is 12.9. The smallest absolute Gasteiger partial charge is 0.162 e. The Labute approximate surface area is 117 Å². The SMILES string of the molecule is CCCCCC(C)Nc1cc(OC)c(OC)cc1C. The van der Waals surface area contributed by atoms with Gasteiger partial charge in [0.15, 0.2) is 11.5 Å². The summed E-state index contributed by atoms with van der Waals surface area (Å²) in [5, 5.41) is 3.56. The minimum Gasteiger partial charge on any atom is -0.493 e. The van der Waals surface area contributed by atoms with E-state index in [-0.39, 0.29) is 0 Å². The van der Waals surface area contributed by atoms with Crippen molar-refractivity contribution >= 4 is 5.69 Å². The van der Waals surface area contributed by atoms with Gasteiger partial charge in [-0.1, -0.05) is 26.2 Å². The number of hydrogen-bond donors (Lipinski definition) is 1. The molecule has 19 heavy (non-hydrogen) atoms. The van der Waals surface area contributed by atoms with Crippen LogP contribution in [0, 0.1) is 6.92 Å². The summed E-state index contributed by atoms with van der Waals surface area (Å²) in [4.78, 5) is 0. The summed E-state index contributed by atoms with van der Waals surface area (Å²) in [6.07, 6.45) is 5.04. The van der Waals surface area contributed by atoms with E-state index in [2.05, 4.69) is 26.1 Å². The molecular formula is C16H27NO2. The van der Waals surface area contributed by atoms with E-state index in [4.69, 9.17) is 9.47 Å². The van der Waals surface area contributed by atoms with E-state index in [0.717, 1.165) is 17.2 Å². The van der Waals surface area contributed by atoms with Crippen LogP contribution in [-0.4, -0.2) is 20.3 Å². The Hall–Kier alpha value is -1.38. The van der Waals surface area contributed by atoms with Crippen LogP contribution >= 0.6 is 0 Å². The zero-order valence-corrected chi connectivity index (χ0v) is 12.9. The van der Waals surface area contributed by atoms with Crippen LogP contribution in [0.25, 0.3) is 0 Å². The number of benzene rings is 1. The van der Waals surface area contributed by atoms with Gasteiger partial charge in [-0.2, -0.15) is 0 Å². The molecule has 0 aliphatic rings. The Morgan fingerprint density at radius 3 is 2.32 bits per heavy atom. The van der Waals surface area contributed by atoms with Crippen molar-refractivity contribution in [2.45, 2.75) is 52.5 Å². The third-order valence-corrected chi connectivity index (χ3v) is 3.37. The molecule has 0 saturated carbocycles. The van der Waals surface area contributed by atoms with E-state index in [1.165, 1.54) is 31.2 Å². The van der Waals surface area contributed by atoms with E-state index >= 15 is 0 Å². The van der Waals surface area contributed by atoms with Gasteiger partial charge in [-0.3, -0.25) is 0 Å². The number of anilines is 1. The van der Waals surface area contributed by atoms with Gasteiger partial charge < -0.3 is 14.8 Å². The fourth-order valence-corrected chi connectivity index (χ4v) is 2.17. The highest BCUT2D eigenvalue weighted by Gasteiger charge is 2.10. The van der Waals surface area contributed by atoms with Crippen LogP contribution in [0.1, 0.15) is 45.1 Å². The Bertz CT molecular complexity index is 391. The number of ether oxygens (including phenoxy) is 2. The third kappa shape index (κ3) is 4.66. The van der Waals surface area contributed by atoms with Crippen LogP contribution in [0.4, 0.5) is 5.69 Å². The average molecular weight is 265 g/mol. The standard InChI is InChI=1S/C16H27NO2/c1-6-7-8-9-13(3)17-14-11-16(19-5)15(18-4)10-12(14)2/h10-11,13,17H,6-9H2,1-5H3. The van der Waals surface area contributed by atoms with Crippen molar-refractivity contribution in [3.8, 4) is 11.5 Å². The van der Waals surface area contributed by atoms with Crippen molar-refractivity contribution < 1.29 is 9.47 Å². The molecule has 1 atom stereocenters. The molecular weight excluding hydrogens is 238 g/mol. The first-order chi connectivity index (χ1) is 9.12. The molecule has 1 unspecified atom stereocenters. The molecule has 0 radical (unpaired) electrons. The highest BCUT2D eigenvalue weighted by atomic mass is 16.5. The fourth-order valence-electron chi connectivity index (χ4n) is 2.17. The Morgan fingerprint density at radius 1 is 1.11 bits per heavy atom. The second kappa shape index (κ2) is 7.93. The Balaban J connectivity index is 2.72. The van der Waals surface area contributed by atoms with Crippen LogP contribution < -0.4 is 14.8 Å². The first-order valence-electron chi connectivity index (χ1n) is 7.11. The van der Waals surface area contributed by atoms with Gasteiger partial charge in [0.1, 0.15) is 0 Å². The van der Waals surface area contributed by atoms with E-state index in [0.29, 0.717) is 6.04 Å². The Kier molecular flexibility index (Phi) is 6.54. The van der Waals surface area contributed by atoms with Gasteiger partial charge in [0.2, 0.25) is 0 Å². The van der Waals surface area contributed by atoms with E-state index in [9.17, 15) is 0 Å². The van der Waals surface area contributed by atoms with Gasteiger partial charge in [-0.25, -0.2) is 0 Å². The number of nitrogens with one attached hydrogen (secondary N) is 1. The zero-order chi connectivity index (χ0) is 14.3. The molecule has 0 fully saturated rings. The van der Waals surface area contributed by atoms with Crippen LogP contribution in [0.3, 0.4) is 0 Å². The number of aryl methyl sites for hydroxylation is 1. The quantitative estimate of drug-likeness (QED) is 0.707. The van der Waals surface area contributed by atoms with E-state index in [1.807, 2.05) is 12.1 Å². The second-order valence-corrected chi connectivity index (χ2v) is 5.06. The van der Waals surface area contributed by atoms with Gasteiger partial charge in [0.25, 0.3) is 0 Å². The Morgan fingerprint density at radius 2 is 1.74 bits per heavy atom. The van der Waals surface area contributed by atoms with Crippen LogP contribution in [0.5, 0.6) is 11.5 Å². The molecule has 1 aromatic rings. The summed E-state index contributed by atoms with van der Waals surface area (Å²) >= 11 is 0. The predicted octanol–water partition coefficient (Wildman–Crippen LogP) is 4.39. The van der Waals surface area contributed by atoms with Gasteiger partial charge in [-0.05, 0) is 31.9 Å². The van der Waals surface area contributed by atoms with Crippen molar-refractivity contribution in [2.75, 3.05) is 19.5 Å². The lowest BCUT2D eigenvalue weighted by molar-refractivity contribution is 0.355. The third-order valence-electron chi connectivity index (χ3n) is 3.37. The molecule has 108 valence electrons. The predicted molar refractivity (Wildman–Crippen MR) is 81.5 cm³/mol. The maximum Gasteiger partial charge on any atom is 0.162 e. The number of rotatable bonds is 8. The van der Waals surface area contributed by atoms with Gasteiger partial charge in [0.05, 0.1) is 14.2 Å². The fraction of sp³-hybridized carbons (Fsp3) is 0.625. The molecule has 0 saturated heterocycles. The molecule has 3 heteroatoms. The molecule has 0 bridgehead atoms. The maximum absolute atomic E-state index is 5.35. The van der Waals surface area contributed by atoms with Crippen molar-refractivity contribution in [2.24, 2.45) is 0 Å². The minimum absolute atomic E-state index is 0.475. The lowest BCUT2D eigenvalue weighted by Gasteiger charge is -2.19. The molecule has 0 spiro atoms. The van der Waals surface area contributed by atoms with Crippen molar-refractivity contribution in [1.29, 1.82) is 0 Å². The van der Waals surface area contributed by atoms with E-state index < -0.39 is 0 Å². The maximum atomic E-state index is 5.35. The van der Waals surface area contributed by atoms with Crippen LogP contribution in [-0.2, 0) is 0 Å². The largest absolute Gasteiger partial charge is 0.493 e. The summed E-state index contributed by atoms with van der Waals surface area (Å²) < 4.78 is 10.7. The summed E-state index contributed by atoms with van der Waals surface area (Å²) in [5.74, 6) is 1.56. The summed E-state index contributed by atoms with van der Waals surface area (Å²) in [7, 11) is 3.33. The van der Waals surface area contributed by atoms with Crippen molar-refractivity contribution in [3.63, 3.8) is 0 Å². The number of unbranched alkanes of at least 4 members (excludes halogenated alkanes) is 2. The monoisotopic (exact) mass is 265 g/mol. The first-order valence-corrected chi connectivity index (χ1v) is 7.11. The molecule has 0 aliphatic heterocycles. The van der Waals surface area contributed by atoms with Crippen LogP contribution in [0.15, 0.2) is 12.1 Å². The van der Waals surface area contributed by atoms with Gasteiger partial charge in [-0.15, -0.1) is 0 Å². The molecule has 0 heterocycles. The molecule has 0 aromatic heterocycles. The molecule has 1 N–H and O–H groups in total. The lowest BCUT2D eigenvalue weighted by atomic mass is 10.1. The van der Waals surface area contributed by atoms with Crippen LogP contribution in [0.2, 0.25) is 0 Å².